The third-order valence-corrected chi connectivity index (χ3v) is 4.79. The minimum Gasteiger partial charge on any atom is -0.356 e. The molecule has 0 bridgehead atoms. The summed E-state index contributed by atoms with van der Waals surface area (Å²) in [6.45, 7) is 9.58. The van der Waals surface area contributed by atoms with Crippen LogP contribution in [0.15, 0.2) is 4.99 Å². The Labute approximate surface area is 154 Å². The van der Waals surface area contributed by atoms with Crippen molar-refractivity contribution in [1.29, 1.82) is 0 Å². The van der Waals surface area contributed by atoms with E-state index in [1.807, 2.05) is 21.1 Å². The van der Waals surface area contributed by atoms with Crippen LogP contribution < -0.4 is 10.6 Å². The molecule has 0 aromatic carbocycles. The molecule has 2 unspecified atom stereocenters. The second-order valence-electron chi connectivity index (χ2n) is 7.80. The molecular weight excluding hydrogens is 314 g/mol. The summed E-state index contributed by atoms with van der Waals surface area (Å²) in [5, 5.41) is 6.85. The predicted molar refractivity (Wildman–Crippen MR) is 106 cm³/mol. The van der Waals surface area contributed by atoms with Crippen molar-refractivity contribution >= 4 is 11.9 Å². The molecule has 25 heavy (non-hydrogen) atoms. The van der Waals surface area contributed by atoms with Crippen molar-refractivity contribution in [2.45, 2.75) is 65.0 Å². The number of nitrogens with zero attached hydrogens (tertiary/aromatic N) is 3. The molecule has 1 rings (SSSR count). The first-order valence-corrected chi connectivity index (χ1v) is 9.77. The van der Waals surface area contributed by atoms with Gasteiger partial charge in [0.05, 0.1) is 6.04 Å². The lowest BCUT2D eigenvalue weighted by Crippen LogP contribution is -2.45. The topological polar surface area (TPSA) is 60.0 Å². The number of aliphatic imine (C=N–C) groups is 1. The minimum absolute atomic E-state index is 0.0727. The zero-order valence-corrected chi connectivity index (χ0v) is 17.1. The highest BCUT2D eigenvalue weighted by Crippen LogP contribution is 2.18. The van der Waals surface area contributed by atoms with Gasteiger partial charge in [-0.05, 0) is 51.5 Å². The third-order valence-electron chi connectivity index (χ3n) is 4.79. The summed E-state index contributed by atoms with van der Waals surface area (Å²) in [4.78, 5) is 20.6. The van der Waals surface area contributed by atoms with Gasteiger partial charge in [0.2, 0.25) is 5.91 Å². The van der Waals surface area contributed by atoms with E-state index in [4.69, 9.17) is 0 Å². The highest BCUT2D eigenvalue weighted by molar-refractivity contribution is 5.81. The Bertz CT molecular complexity index is 422. The smallest absolute Gasteiger partial charge is 0.239 e. The molecular formula is C19H39N5O. The number of hydrogen-bond acceptors (Lipinski definition) is 3. The van der Waals surface area contributed by atoms with E-state index in [0.717, 1.165) is 57.2 Å². The molecule has 0 aromatic heterocycles. The summed E-state index contributed by atoms with van der Waals surface area (Å²) in [5.74, 6) is 1.85. The maximum absolute atomic E-state index is 12.2. The van der Waals surface area contributed by atoms with Crippen molar-refractivity contribution in [3.8, 4) is 0 Å². The largest absolute Gasteiger partial charge is 0.356 e. The number of amides is 1. The van der Waals surface area contributed by atoms with E-state index in [2.05, 4.69) is 41.3 Å². The summed E-state index contributed by atoms with van der Waals surface area (Å²) in [6.07, 6.45) is 5.50. The number of guanidine groups is 1. The number of carbonyl (C=O) groups excluding carboxylic acids is 1. The fourth-order valence-corrected chi connectivity index (χ4v) is 3.24. The second-order valence-corrected chi connectivity index (χ2v) is 7.80. The summed E-state index contributed by atoms with van der Waals surface area (Å²) in [6, 6.07) is 0.498. The normalized spacial score (nSPS) is 20.0. The van der Waals surface area contributed by atoms with Gasteiger partial charge in [0.15, 0.2) is 5.96 Å². The fourth-order valence-electron chi connectivity index (χ4n) is 3.24. The van der Waals surface area contributed by atoms with Crippen LogP contribution >= 0.6 is 0 Å². The molecule has 0 saturated carbocycles. The van der Waals surface area contributed by atoms with Gasteiger partial charge in [0, 0.05) is 40.3 Å². The van der Waals surface area contributed by atoms with Gasteiger partial charge >= 0.3 is 0 Å². The summed E-state index contributed by atoms with van der Waals surface area (Å²) >= 11 is 0. The van der Waals surface area contributed by atoms with Crippen molar-refractivity contribution in [2.24, 2.45) is 10.9 Å². The zero-order chi connectivity index (χ0) is 18.8. The van der Waals surface area contributed by atoms with Crippen LogP contribution in [0.2, 0.25) is 0 Å². The minimum atomic E-state index is 0.0727. The van der Waals surface area contributed by atoms with Gasteiger partial charge in [-0.25, -0.2) is 0 Å². The van der Waals surface area contributed by atoms with Gasteiger partial charge in [-0.2, -0.15) is 0 Å². The quantitative estimate of drug-likeness (QED) is 0.378. The van der Waals surface area contributed by atoms with Crippen molar-refractivity contribution in [3.63, 3.8) is 0 Å². The number of rotatable bonds is 9. The molecule has 2 atom stereocenters. The van der Waals surface area contributed by atoms with Gasteiger partial charge in [0.25, 0.3) is 0 Å². The molecule has 1 fully saturated rings. The monoisotopic (exact) mass is 353 g/mol. The lowest BCUT2D eigenvalue weighted by atomic mass is 10.0. The van der Waals surface area contributed by atoms with Crippen LogP contribution in [0.4, 0.5) is 0 Å². The third kappa shape index (κ3) is 8.08. The molecule has 0 radical (unpaired) electrons. The van der Waals surface area contributed by atoms with Crippen molar-refractivity contribution in [2.75, 3.05) is 40.8 Å². The van der Waals surface area contributed by atoms with E-state index >= 15 is 0 Å². The molecule has 0 spiro atoms. The molecule has 0 aromatic rings. The number of hydrogen-bond donors (Lipinski definition) is 2. The first-order chi connectivity index (χ1) is 11.8. The van der Waals surface area contributed by atoms with Gasteiger partial charge < -0.3 is 15.5 Å². The lowest BCUT2D eigenvalue weighted by molar-refractivity contribution is -0.133. The van der Waals surface area contributed by atoms with E-state index in [0.29, 0.717) is 6.04 Å². The Morgan fingerprint density at radius 2 is 2.00 bits per heavy atom. The average molecular weight is 354 g/mol. The Kier molecular flexibility index (Phi) is 9.86. The summed E-state index contributed by atoms with van der Waals surface area (Å²) < 4.78 is 0. The molecule has 0 aliphatic carbocycles. The Morgan fingerprint density at radius 3 is 2.60 bits per heavy atom. The van der Waals surface area contributed by atoms with E-state index in [1.54, 1.807) is 4.90 Å². The number of carbonyl (C=O) groups is 1. The number of likely N-dealkylation sites (N-methyl/N-ethyl adjacent to an activating group) is 1. The molecule has 146 valence electrons. The molecule has 2 N–H and O–H groups in total. The van der Waals surface area contributed by atoms with E-state index in [-0.39, 0.29) is 11.9 Å². The SMILES string of the molecule is CN=C(NCCCN1CCCC1C(=O)N(C)C)NC(C)CCC(C)C. The maximum Gasteiger partial charge on any atom is 0.239 e. The van der Waals surface area contributed by atoms with Crippen molar-refractivity contribution in [3.05, 3.63) is 0 Å². The van der Waals surface area contributed by atoms with E-state index in [1.165, 1.54) is 6.42 Å². The van der Waals surface area contributed by atoms with Crippen LogP contribution in [-0.2, 0) is 4.79 Å². The highest BCUT2D eigenvalue weighted by Gasteiger charge is 2.30. The fraction of sp³-hybridized carbons (Fsp3) is 0.895. The van der Waals surface area contributed by atoms with Crippen molar-refractivity contribution in [1.82, 2.24) is 20.4 Å². The molecule has 1 aliphatic rings. The molecule has 1 saturated heterocycles. The van der Waals surface area contributed by atoms with Crippen molar-refractivity contribution < 1.29 is 4.79 Å². The lowest BCUT2D eigenvalue weighted by Gasteiger charge is -2.26. The molecule has 1 heterocycles. The molecule has 1 aliphatic heterocycles. The van der Waals surface area contributed by atoms with Crippen LogP contribution in [0, 0.1) is 5.92 Å². The first kappa shape index (κ1) is 21.7. The van der Waals surface area contributed by atoms with Gasteiger partial charge in [-0.3, -0.25) is 14.7 Å². The Morgan fingerprint density at radius 1 is 1.28 bits per heavy atom. The average Bonchev–Trinajstić information content (AvgIpc) is 3.03. The standard InChI is InChI=1S/C19H39N5O/c1-15(2)10-11-16(3)22-19(20-4)21-12-8-14-24-13-7-9-17(24)18(25)23(5)6/h15-17H,7-14H2,1-6H3,(H2,20,21,22). The highest BCUT2D eigenvalue weighted by atomic mass is 16.2. The summed E-state index contributed by atoms with van der Waals surface area (Å²) in [7, 11) is 5.50. The van der Waals surface area contributed by atoms with Crippen LogP contribution in [0.1, 0.15) is 52.9 Å². The Balaban J connectivity index is 2.27. The molecule has 6 heteroatoms. The summed E-state index contributed by atoms with van der Waals surface area (Å²) in [5.41, 5.74) is 0. The Hall–Kier alpha value is -1.30. The van der Waals surface area contributed by atoms with Crippen LogP contribution in [-0.4, -0.2) is 74.5 Å². The predicted octanol–water partition coefficient (Wildman–Crippen LogP) is 1.92. The zero-order valence-electron chi connectivity index (χ0n) is 17.1. The number of likely N-dealkylation sites (tertiary alicyclic amines) is 1. The number of nitrogens with one attached hydrogen (secondary N) is 2. The second kappa shape index (κ2) is 11.3. The first-order valence-electron chi connectivity index (χ1n) is 9.77. The van der Waals surface area contributed by atoms with Gasteiger partial charge in [0.1, 0.15) is 0 Å². The van der Waals surface area contributed by atoms with E-state index in [9.17, 15) is 4.79 Å². The molecule has 1 amide bonds. The van der Waals surface area contributed by atoms with Crippen LogP contribution in [0.5, 0.6) is 0 Å². The van der Waals surface area contributed by atoms with Crippen LogP contribution in [0.25, 0.3) is 0 Å². The van der Waals surface area contributed by atoms with Gasteiger partial charge in [-0.15, -0.1) is 0 Å². The van der Waals surface area contributed by atoms with Gasteiger partial charge in [-0.1, -0.05) is 13.8 Å². The van der Waals surface area contributed by atoms with Crippen LogP contribution in [0.3, 0.4) is 0 Å². The van der Waals surface area contributed by atoms with E-state index < -0.39 is 0 Å². The molecule has 6 nitrogen and oxygen atoms in total. The maximum atomic E-state index is 12.2.